The molecule has 2 aromatic carbocycles. The molecule has 5 rings (SSSR count). The average Bonchev–Trinajstić information content (AvgIpc) is 3.45. The number of nitrogens with two attached hydrogens (primary N) is 1. The van der Waals surface area contributed by atoms with E-state index < -0.39 is 0 Å². The maximum atomic E-state index is 13.2. The largest absolute Gasteiger partial charge is 0.497 e. The molecule has 0 saturated heterocycles. The summed E-state index contributed by atoms with van der Waals surface area (Å²) in [5, 5.41) is 9.39. The number of nitrogen functional groups attached to an aromatic ring is 1. The molecule has 0 aliphatic heterocycles. The Bertz CT molecular complexity index is 1470. The highest BCUT2D eigenvalue weighted by molar-refractivity contribution is 7.11. The first-order valence-corrected chi connectivity index (χ1v) is 11.1. The Morgan fingerprint density at radius 1 is 1.12 bits per heavy atom. The minimum Gasteiger partial charge on any atom is -0.497 e. The van der Waals surface area contributed by atoms with Crippen LogP contribution in [0.1, 0.15) is 20.8 Å². The summed E-state index contributed by atoms with van der Waals surface area (Å²) in [5.41, 5.74) is 9.80. The van der Waals surface area contributed by atoms with Crippen molar-refractivity contribution in [1.82, 2.24) is 20.0 Å². The van der Waals surface area contributed by atoms with Crippen LogP contribution < -0.4 is 15.8 Å². The number of nitrogens with zero attached hydrogens (tertiary/aromatic N) is 4. The third kappa shape index (κ3) is 4.01. The fraction of sp³-hybridized carbons (Fsp3) is 0.0833. The summed E-state index contributed by atoms with van der Waals surface area (Å²) in [6.07, 6.45) is 1.69. The smallest absolute Gasteiger partial charge is 0.257 e. The number of amides is 1. The minimum absolute atomic E-state index is 0.181. The van der Waals surface area contributed by atoms with Crippen molar-refractivity contribution in [2.24, 2.45) is 5.10 Å². The number of fused-ring (bicyclic) bond motifs is 2. The van der Waals surface area contributed by atoms with E-state index >= 15 is 0 Å². The van der Waals surface area contributed by atoms with Crippen LogP contribution in [0.4, 0.5) is 5.82 Å². The number of carbonyl (C=O) groups excluding carboxylic acids is 1. The van der Waals surface area contributed by atoms with Crippen molar-refractivity contribution in [1.29, 1.82) is 0 Å². The second-order valence-electron chi connectivity index (χ2n) is 7.25. The number of aromatic nitrogens is 3. The Morgan fingerprint density at radius 2 is 1.88 bits per heavy atom. The molecule has 0 atom stereocenters. The number of benzene rings is 2. The first kappa shape index (κ1) is 20.7. The molecule has 0 saturated carbocycles. The molecular formula is C24H20N6O2S. The van der Waals surface area contributed by atoms with Crippen molar-refractivity contribution in [3.8, 4) is 5.75 Å². The topological polar surface area (TPSA) is 107 Å². The number of carbonyl (C=O) groups is 1. The molecule has 0 fully saturated rings. The Kier molecular flexibility index (Phi) is 5.45. The van der Waals surface area contributed by atoms with Gasteiger partial charge in [-0.2, -0.15) is 9.78 Å². The summed E-state index contributed by atoms with van der Waals surface area (Å²) in [4.78, 5) is 23.6. The minimum atomic E-state index is -0.344. The fourth-order valence-electron chi connectivity index (χ4n) is 3.48. The Hall–Kier alpha value is -4.24. The molecule has 3 N–H and O–H groups in total. The molecule has 1 amide bonds. The molecule has 9 heteroatoms. The van der Waals surface area contributed by atoms with Crippen molar-refractivity contribution < 1.29 is 9.53 Å². The number of thiophene rings is 1. The third-order valence-corrected chi connectivity index (χ3v) is 5.96. The summed E-state index contributed by atoms with van der Waals surface area (Å²) < 4.78 is 6.65. The molecule has 33 heavy (non-hydrogen) atoms. The molecule has 0 aliphatic rings. The van der Waals surface area contributed by atoms with Gasteiger partial charge in [-0.3, -0.25) is 4.79 Å². The van der Waals surface area contributed by atoms with Gasteiger partial charge in [0.15, 0.2) is 5.65 Å². The van der Waals surface area contributed by atoms with E-state index in [1.165, 1.54) is 4.68 Å². The second-order valence-corrected chi connectivity index (χ2v) is 8.23. The van der Waals surface area contributed by atoms with Gasteiger partial charge in [0.05, 0.1) is 24.4 Å². The van der Waals surface area contributed by atoms with Crippen LogP contribution in [0.2, 0.25) is 0 Å². The number of nitrogens with one attached hydrogen (secondary N) is 1. The summed E-state index contributed by atoms with van der Waals surface area (Å²) in [5.74, 6) is 0.589. The number of para-hydroxylation sites is 2. The van der Waals surface area contributed by atoms with Gasteiger partial charge in [0, 0.05) is 11.4 Å². The molecule has 5 aromatic rings. The monoisotopic (exact) mass is 456 g/mol. The van der Waals surface area contributed by atoms with E-state index in [1.54, 1.807) is 24.7 Å². The van der Waals surface area contributed by atoms with Gasteiger partial charge in [-0.05, 0) is 41.3 Å². The molecule has 0 aliphatic carbocycles. The number of rotatable bonds is 6. The van der Waals surface area contributed by atoms with Gasteiger partial charge in [0.25, 0.3) is 5.91 Å². The van der Waals surface area contributed by atoms with Crippen LogP contribution in [0, 0.1) is 0 Å². The van der Waals surface area contributed by atoms with E-state index in [0.29, 0.717) is 28.7 Å². The zero-order chi connectivity index (χ0) is 22.8. The maximum Gasteiger partial charge on any atom is 0.257 e. The second kappa shape index (κ2) is 8.71. The number of methoxy groups -OCH3 is 1. The highest BCUT2D eigenvalue weighted by atomic mass is 32.1. The van der Waals surface area contributed by atoms with Crippen molar-refractivity contribution in [3.63, 3.8) is 0 Å². The lowest BCUT2D eigenvalue weighted by atomic mass is 10.2. The highest BCUT2D eigenvalue weighted by Crippen LogP contribution is 2.28. The number of ether oxygens (including phenoxy) is 1. The highest BCUT2D eigenvalue weighted by Gasteiger charge is 2.24. The third-order valence-electron chi connectivity index (χ3n) is 5.16. The Morgan fingerprint density at radius 3 is 2.58 bits per heavy atom. The maximum absolute atomic E-state index is 13.2. The fourth-order valence-corrected chi connectivity index (χ4v) is 4.06. The van der Waals surface area contributed by atoms with Crippen LogP contribution in [-0.4, -0.2) is 33.9 Å². The Balaban J connectivity index is 1.55. The van der Waals surface area contributed by atoms with Crippen LogP contribution in [-0.2, 0) is 6.54 Å². The van der Waals surface area contributed by atoms with E-state index in [2.05, 4.69) is 10.4 Å². The summed E-state index contributed by atoms with van der Waals surface area (Å²) in [6, 6.07) is 18.8. The molecule has 0 bridgehead atoms. The first-order chi connectivity index (χ1) is 16.1. The van der Waals surface area contributed by atoms with Crippen LogP contribution in [0.15, 0.2) is 71.1 Å². The van der Waals surface area contributed by atoms with Gasteiger partial charge in [-0.15, -0.1) is 11.3 Å². The van der Waals surface area contributed by atoms with E-state index in [-0.39, 0.29) is 17.3 Å². The lowest BCUT2D eigenvalue weighted by Crippen LogP contribution is -2.23. The van der Waals surface area contributed by atoms with Gasteiger partial charge < -0.3 is 15.8 Å². The standard InChI is InChI=1S/C24H20N6O2S/c1-32-16-10-8-15(9-11-16)13-26-24(31)20-21-23(29-19-7-3-2-6-18(19)28-21)30(22(20)25)27-14-17-5-4-12-33-17/h2-12,14H,13,25H2,1H3,(H,26,31). The molecule has 0 unspecified atom stereocenters. The summed E-state index contributed by atoms with van der Waals surface area (Å²) in [7, 11) is 1.61. The summed E-state index contributed by atoms with van der Waals surface area (Å²) in [6.45, 7) is 0.328. The zero-order valence-electron chi connectivity index (χ0n) is 17.7. The summed E-state index contributed by atoms with van der Waals surface area (Å²) >= 11 is 1.55. The molecular weight excluding hydrogens is 436 g/mol. The van der Waals surface area contributed by atoms with Crippen molar-refractivity contribution in [3.05, 3.63) is 82.0 Å². The van der Waals surface area contributed by atoms with Gasteiger partial charge in [0.2, 0.25) is 0 Å². The lowest BCUT2D eigenvalue weighted by Gasteiger charge is -2.06. The average molecular weight is 457 g/mol. The van der Waals surface area contributed by atoms with Crippen LogP contribution in [0.5, 0.6) is 5.75 Å². The number of hydrogen-bond donors (Lipinski definition) is 2. The molecule has 0 radical (unpaired) electrons. The molecule has 164 valence electrons. The molecule has 0 spiro atoms. The van der Waals surface area contributed by atoms with Gasteiger partial charge in [-0.1, -0.05) is 30.3 Å². The van der Waals surface area contributed by atoms with Crippen molar-refractivity contribution >= 4 is 51.5 Å². The van der Waals surface area contributed by atoms with Crippen molar-refractivity contribution in [2.45, 2.75) is 6.54 Å². The van der Waals surface area contributed by atoms with E-state index in [4.69, 9.17) is 20.4 Å². The predicted octanol–water partition coefficient (Wildman–Crippen LogP) is 4.05. The van der Waals surface area contributed by atoms with Crippen molar-refractivity contribution in [2.75, 3.05) is 12.8 Å². The van der Waals surface area contributed by atoms with Gasteiger partial charge in [0.1, 0.15) is 22.6 Å². The van der Waals surface area contributed by atoms with Crippen LogP contribution in [0.25, 0.3) is 22.2 Å². The van der Waals surface area contributed by atoms with Gasteiger partial charge in [-0.25, -0.2) is 9.97 Å². The Labute approximate surface area is 193 Å². The van der Waals surface area contributed by atoms with E-state index in [1.807, 2.05) is 66.0 Å². The quantitative estimate of drug-likeness (QED) is 0.375. The first-order valence-electron chi connectivity index (χ1n) is 10.2. The van der Waals surface area contributed by atoms with E-state index in [0.717, 1.165) is 16.2 Å². The van der Waals surface area contributed by atoms with Crippen LogP contribution in [0.3, 0.4) is 0 Å². The van der Waals surface area contributed by atoms with Gasteiger partial charge >= 0.3 is 0 Å². The van der Waals surface area contributed by atoms with E-state index in [9.17, 15) is 4.79 Å². The molecule has 3 heterocycles. The molecule has 8 nitrogen and oxygen atoms in total. The normalized spacial score (nSPS) is 11.4. The number of anilines is 1. The predicted molar refractivity (Wildman–Crippen MR) is 131 cm³/mol. The SMILES string of the molecule is COc1ccc(CNC(=O)c2c(N)n(N=Cc3cccs3)c3nc4ccccc4nc23)cc1. The zero-order valence-corrected chi connectivity index (χ0v) is 18.5. The lowest BCUT2D eigenvalue weighted by molar-refractivity contribution is 0.0953. The molecule has 3 aromatic heterocycles. The van der Waals surface area contributed by atoms with Crippen LogP contribution >= 0.6 is 11.3 Å². The number of hydrogen-bond acceptors (Lipinski definition) is 7.